The maximum Gasteiger partial charge on any atom is 0.232 e. The highest BCUT2D eigenvalue weighted by Crippen LogP contribution is 2.19. The predicted molar refractivity (Wildman–Crippen MR) is 60.7 cm³/mol. The lowest BCUT2D eigenvalue weighted by molar-refractivity contribution is 0.296. The summed E-state index contributed by atoms with van der Waals surface area (Å²) in [5, 5.41) is 8.70. The van der Waals surface area contributed by atoms with Crippen LogP contribution in [0.2, 0.25) is 0 Å². The van der Waals surface area contributed by atoms with Gasteiger partial charge in [0, 0.05) is 17.9 Å². The molecule has 0 aromatic carbocycles. The van der Waals surface area contributed by atoms with Gasteiger partial charge < -0.3 is 4.90 Å². The highest BCUT2D eigenvalue weighted by atomic mass is 15.1. The van der Waals surface area contributed by atoms with Gasteiger partial charge in [-0.25, -0.2) is 9.97 Å². The van der Waals surface area contributed by atoms with Gasteiger partial charge in [0.25, 0.3) is 0 Å². The Morgan fingerprint density at radius 1 is 1.62 bits per heavy atom. The molecule has 1 aliphatic heterocycles. The van der Waals surface area contributed by atoms with Crippen LogP contribution in [-0.2, 0) is 6.42 Å². The van der Waals surface area contributed by atoms with Gasteiger partial charge in [0.05, 0.1) is 0 Å². The van der Waals surface area contributed by atoms with E-state index in [4.69, 9.17) is 5.26 Å². The van der Waals surface area contributed by atoms with Crippen molar-refractivity contribution >= 4 is 0 Å². The Morgan fingerprint density at radius 3 is 3.19 bits per heavy atom. The fourth-order valence-electron chi connectivity index (χ4n) is 2.25. The average molecular weight is 216 g/mol. The van der Waals surface area contributed by atoms with E-state index in [1.165, 1.54) is 19.4 Å². The fraction of sp³-hybridized carbons (Fsp3) is 0.583. The standard InChI is InChI=1S/C12H16N4/c1-16-8-2-3-11(16)5-4-10-6-7-14-12(9-13)15-10/h6-7,11H,2-5,8H2,1H3/t11-/m0/s1. The Bertz CT molecular complexity index is 396. The molecule has 84 valence electrons. The molecule has 0 N–H and O–H groups in total. The molecule has 2 rings (SSSR count). The number of hydrogen-bond acceptors (Lipinski definition) is 4. The van der Waals surface area contributed by atoms with Crippen molar-refractivity contribution in [1.29, 1.82) is 5.26 Å². The Balaban J connectivity index is 1.92. The molecule has 2 heterocycles. The monoisotopic (exact) mass is 216 g/mol. The topological polar surface area (TPSA) is 52.8 Å². The van der Waals surface area contributed by atoms with Gasteiger partial charge >= 0.3 is 0 Å². The zero-order chi connectivity index (χ0) is 11.4. The van der Waals surface area contributed by atoms with Crippen LogP contribution in [-0.4, -0.2) is 34.5 Å². The third-order valence-electron chi connectivity index (χ3n) is 3.22. The Hall–Kier alpha value is -1.47. The third-order valence-corrected chi connectivity index (χ3v) is 3.22. The Kier molecular flexibility index (Phi) is 3.47. The van der Waals surface area contributed by atoms with Gasteiger partial charge in [0.15, 0.2) is 0 Å². The lowest BCUT2D eigenvalue weighted by Crippen LogP contribution is -2.25. The van der Waals surface area contributed by atoms with Crippen molar-refractivity contribution in [1.82, 2.24) is 14.9 Å². The van der Waals surface area contributed by atoms with E-state index in [-0.39, 0.29) is 5.82 Å². The minimum atomic E-state index is 0.275. The van der Waals surface area contributed by atoms with Gasteiger partial charge in [-0.1, -0.05) is 0 Å². The van der Waals surface area contributed by atoms with E-state index in [1.807, 2.05) is 12.1 Å². The molecule has 1 fully saturated rings. The number of aromatic nitrogens is 2. The van der Waals surface area contributed by atoms with Crippen LogP contribution in [0.4, 0.5) is 0 Å². The van der Waals surface area contributed by atoms with Crippen LogP contribution < -0.4 is 0 Å². The first-order chi connectivity index (χ1) is 7.79. The lowest BCUT2D eigenvalue weighted by Gasteiger charge is -2.18. The molecule has 1 saturated heterocycles. The first-order valence-corrected chi connectivity index (χ1v) is 5.72. The molecule has 16 heavy (non-hydrogen) atoms. The molecule has 1 aliphatic rings. The molecule has 1 aromatic rings. The third kappa shape index (κ3) is 2.56. The van der Waals surface area contributed by atoms with Gasteiger partial charge in [0.2, 0.25) is 5.82 Å². The number of nitrogens with zero attached hydrogens (tertiary/aromatic N) is 4. The normalized spacial score (nSPS) is 20.9. The molecule has 4 nitrogen and oxygen atoms in total. The van der Waals surface area contributed by atoms with Gasteiger partial charge in [0.1, 0.15) is 6.07 Å². The molecule has 0 aliphatic carbocycles. The van der Waals surface area contributed by atoms with E-state index in [9.17, 15) is 0 Å². The summed E-state index contributed by atoms with van der Waals surface area (Å²) < 4.78 is 0. The lowest BCUT2D eigenvalue weighted by atomic mass is 10.1. The number of likely N-dealkylation sites (tertiary alicyclic amines) is 1. The van der Waals surface area contributed by atoms with E-state index in [0.717, 1.165) is 18.5 Å². The number of aryl methyl sites for hydroxylation is 1. The second-order valence-corrected chi connectivity index (χ2v) is 4.30. The number of hydrogen-bond donors (Lipinski definition) is 0. The van der Waals surface area contributed by atoms with E-state index in [2.05, 4.69) is 21.9 Å². The summed E-state index contributed by atoms with van der Waals surface area (Å²) >= 11 is 0. The van der Waals surface area contributed by atoms with Gasteiger partial charge in [-0.05, 0) is 45.3 Å². The van der Waals surface area contributed by atoms with Gasteiger partial charge in [-0.3, -0.25) is 0 Å². The molecular weight excluding hydrogens is 200 g/mol. The second kappa shape index (κ2) is 5.04. The largest absolute Gasteiger partial charge is 0.303 e. The molecule has 0 bridgehead atoms. The van der Waals surface area contributed by atoms with Crippen molar-refractivity contribution in [2.45, 2.75) is 31.7 Å². The summed E-state index contributed by atoms with van der Waals surface area (Å²) in [5.41, 5.74) is 0.979. The fourth-order valence-corrected chi connectivity index (χ4v) is 2.25. The van der Waals surface area contributed by atoms with Crippen LogP contribution in [0.15, 0.2) is 12.3 Å². The first-order valence-electron chi connectivity index (χ1n) is 5.72. The molecule has 1 atom stereocenters. The van der Waals surface area contributed by atoms with Crippen LogP contribution in [0.1, 0.15) is 30.8 Å². The van der Waals surface area contributed by atoms with Crippen molar-refractivity contribution in [2.24, 2.45) is 0 Å². The first kappa shape index (κ1) is 11.0. The van der Waals surface area contributed by atoms with E-state index < -0.39 is 0 Å². The Labute approximate surface area is 95.9 Å². The smallest absolute Gasteiger partial charge is 0.232 e. The van der Waals surface area contributed by atoms with Crippen LogP contribution in [0.3, 0.4) is 0 Å². The van der Waals surface area contributed by atoms with Crippen LogP contribution in [0, 0.1) is 11.3 Å². The highest BCUT2D eigenvalue weighted by molar-refractivity contribution is 5.12. The molecule has 0 spiro atoms. The van der Waals surface area contributed by atoms with E-state index in [1.54, 1.807) is 6.20 Å². The highest BCUT2D eigenvalue weighted by Gasteiger charge is 2.20. The SMILES string of the molecule is CN1CCC[C@H]1CCc1ccnc(C#N)n1. The predicted octanol–water partition coefficient (Wildman–Crippen LogP) is 1.38. The summed E-state index contributed by atoms with van der Waals surface area (Å²) in [6.45, 7) is 1.21. The van der Waals surface area contributed by atoms with Crippen LogP contribution >= 0.6 is 0 Å². The van der Waals surface area contributed by atoms with E-state index in [0.29, 0.717) is 6.04 Å². The Morgan fingerprint density at radius 2 is 2.50 bits per heavy atom. The average Bonchev–Trinajstić information content (AvgIpc) is 2.72. The summed E-state index contributed by atoms with van der Waals surface area (Å²) in [6, 6.07) is 4.55. The number of rotatable bonds is 3. The van der Waals surface area contributed by atoms with Crippen molar-refractivity contribution in [2.75, 3.05) is 13.6 Å². The molecule has 0 unspecified atom stereocenters. The molecule has 0 saturated carbocycles. The number of nitriles is 1. The maximum absolute atomic E-state index is 8.70. The second-order valence-electron chi connectivity index (χ2n) is 4.30. The summed E-state index contributed by atoms with van der Waals surface area (Å²) in [5.74, 6) is 0.275. The molecule has 4 heteroatoms. The van der Waals surface area contributed by atoms with Crippen LogP contribution in [0.5, 0.6) is 0 Å². The molecule has 0 radical (unpaired) electrons. The van der Waals surface area contributed by atoms with Crippen molar-refractivity contribution < 1.29 is 0 Å². The van der Waals surface area contributed by atoms with Gasteiger partial charge in [-0.2, -0.15) is 5.26 Å². The minimum Gasteiger partial charge on any atom is -0.303 e. The minimum absolute atomic E-state index is 0.275. The van der Waals surface area contributed by atoms with Crippen molar-refractivity contribution in [3.63, 3.8) is 0 Å². The zero-order valence-electron chi connectivity index (χ0n) is 9.56. The van der Waals surface area contributed by atoms with Gasteiger partial charge in [-0.15, -0.1) is 0 Å². The zero-order valence-corrected chi connectivity index (χ0v) is 9.56. The summed E-state index contributed by atoms with van der Waals surface area (Å²) in [4.78, 5) is 10.5. The van der Waals surface area contributed by atoms with E-state index >= 15 is 0 Å². The maximum atomic E-state index is 8.70. The van der Waals surface area contributed by atoms with Crippen LogP contribution in [0.25, 0.3) is 0 Å². The summed E-state index contributed by atoms with van der Waals surface area (Å²) in [7, 11) is 2.18. The molecule has 0 amide bonds. The van der Waals surface area contributed by atoms with Crippen molar-refractivity contribution in [3.8, 4) is 6.07 Å². The van der Waals surface area contributed by atoms with Crippen molar-refractivity contribution in [3.05, 3.63) is 23.8 Å². The quantitative estimate of drug-likeness (QED) is 0.766. The molecule has 1 aromatic heterocycles. The molecular formula is C12H16N4. The summed E-state index contributed by atoms with van der Waals surface area (Å²) in [6.07, 6.45) is 6.31.